The van der Waals surface area contributed by atoms with Crippen LogP contribution in [-0.2, 0) is 21.2 Å². The lowest BCUT2D eigenvalue weighted by molar-refractivity contribution is -0.116. The Morgan fingerprint density at radius 3 is 2.44 bits per heavy atom. The first-order valence-corrected chi connectivity index (χ1v) is 13.2. The summed E-state index contributed by atoms with van der Waals surface area (Å²) < 4.78 is 37.1. The van der Waals surface area contributed by atoms with Gasteiger partial charge < -0.3 is 14.8 Å². The quantitative estimate of drug-likeness (QED) is 0.402. The van der Waals surface area contributed by atoms with Crippen LogP contribution >= 0.6 is 11.3 Å². The van der Waals surface area contributed by atoms with Gasteiger partial charge in [-0.05, 0) is 31.0 Å². The first-order chi connectivity index (χ1) is 16.4. The first-order valence-electron chi connectivity index (χ1n) is 10.7. The van der Waals surface area contributed by atoms with Crippen LogP contribution in [0.2, 0.25) is 0 Å². The fourth-order valence-electron chi connectivity index (χ4n) is 3.24. The van der Waals surface area contributed by atoms with E-state index in [1.807, 2.05) is 42.5 Å². The van der Waals surface area contributed by atoms with Crippen LogP contribution in [0.1, 0.15) is 18.9 Å². The van der Waals surface area contributed by atoms with Crippen molar-refractivity contribution in [3.05, 3.63) is 54.1 Å². The van der Waals surface area contributed by atoms with Crippen molar-refractivity contribution in [2.45, 2.75) is 19.8 Å². The van der Waals surface area contributed by atoms with E-state index in [-0.39, 0.29) is 31.2 Å². The van der Waals surface area contributed by atoms with Gasteiger partial charge in [-0.25, -0.2) is 12.7 Å². The van der Waals surface area contributed by atoms with Gasteiger partial charge in [-0.3, -0.25) is 4.79 Å². The van der Waals surface area contributed by atoms with Gasteiger partial charge in [-0.2, -0.15) is 0 Å². The van der Waals surface area contributed by atoms with E-state index in [0.717, 1.165) is 11.1 Å². The molecule has 9 nitrogen and oxygen atoms in total. The minimum Gasteiger partial charge on any atom is -0.493 e. The third-order valence-corrected chi connectivity index (χ3v) is 7.91. The summed E-state index contributed by atoms with van der Waals surface area (Å²) in [5.41, 5.74) is 1.82. The molecular formula is C23H28N4O5S2. The molecule has 1 N–H and O–H groups in total. The number of aromatic nitrogens is 2. The molecule has 34 heavy (non-hydrogen) atoms. The molecule has 1 aromatic heterocycles. The monoisotopic (exact) mass is 504 g/mol. The Balaban J connectivity index is 1.60. The molecule has 1 heterocycles. The molecule has 0 aliphatic carbocycles. The van der Waals surface area contributed by atoms with E-state index >= 15 is 0 Å². The Morgan fingerprint density at radius 1 is 1.03 bits per heavy atom. The number of nitrogens with one attached hydrogen (secondary N) is 1. The zero-order valence-corrected chi connectivity index (χ0v) is 21.0. The smallest absolute Gasteiger partial charge is 0.227 e. The van der Waals surface area contributed by atoms with Crippen molar-refractivity contribution in [2.75, 3.05) is 38.4 Å². The highest BCUT2D eigenvalue weighted by Gasteiger charge is 2.21. The van der Waals surface area contributed by atoms with E-state index in [1.165, 1.54) is 15.6 Å². The number of ether oxygens (including phenoxy) is 2. The average molecular weight is 505 g/mol. The molecule has 3 rings (SSSR count). The van der Waals surface area contributed by atoms with Crippen LogP contribution in [0.3, 0.4) is 0 Å². The number of rotatable bonds is 12. The summed E-state index contributed by atoms with van der Waals surface area (Å²) in [6.07, 6.45) is 0.476. The number of methoxy groups -OCH3 is 2. The predicted octanol–water partition coefficient (Wildman–Crippen LogP) is 3.45. The van der Waals surface area contributed by atoms with Gasteiger partial charge in [-0.1, -0.05) is 47.7 Å². The normalized spacial score (nSPS) is 11.4. The number of carbonyl (C=O) groups is 1. The lowest BCUT2D eigenvalue weighted by atomic mass is 10.1. The number of amides is 1. The molecule has 0 fully saturated rings. The van der Waals surface area contributed by atoms with Crippen LogP contribution in [0.5, 0.6) is 11.5 Å². The molecule has 0 saturated carbocycles. The van der Waals surface area contributed by atoms with Crippen LogP contribution in [-0.4, -0.2) is 61.9 Å². The van der Waals surface area contributed by atoms with E-state index in [4.69, 9.17) is 9.47 Å². The molecule has 3 aromatic rings. The molecule has 0 radical (unpaired) electrons. The minimum absolute atomic E-state index is 0.00537. The SMILES string of the molecule is CCS(=O)(=O)N(CCC(=O)Nc1nnc(-c2ccccc2)s1)CCc1ccc(OC)c(OC)c1. The van der Waals surface area contributed by atoms with Gasteiger partial charge in [0.2, 0.25) is 21.1 Å². The van der Waals surface area contributed by atoms with Gasteiger partial charge in [-0.15, -0.1) is 10.2 Å². The summed E-state index contributed by atoms with van der Waals surface area (Å²) in [5.74, 6) is 0.819. The van der Waals surface area contributed by atoms with Gasteiger partial charge in [0.25, 0.3) is 0 Å². The average Bonchev–Trinajstić information content (AvgIpc) is 3.32. The fraction of sp³-hybridized carbons (Fsp3) is 0.348. The predicted molar refractivity (Wildman–Crippen MR) is 133 cm³/mol. The van der Waals surface area contributed by atoms with Crippen LogP contribution in [0.15, 0.2) is 48.5 Å². The van der Waals surface area contributed by atoms with Crippen molar-refractivity contribution in [3.63, 3.8) is 0 Å². The maximum Gasteiger partial charge on any atom is 0.227 e. The Morgan fingerprint density at radius 2 is 1.76 bits per heavy atom. The molecule has 2 aromatic carbocycles. The standard InChI is InChI=1S/C23H28N4O5S2/c1-4-34(29,30)27(14-12-17-10-11-19(31-2)20(16-17)32-3)15-13-21(28)24-23-26-25-22(33-23)18-8-6-5-7-9-18/h5-11,16H,4,12-15H2,1-3H3,(H,24,26,28). The van der Waals surface area contributed by atoms with Crippen molar-refractivity contribution in [1.82, 2.24) is 14.5 Å². The molecule has 0 aliphatic heterocycles. The van der Waals surface area contributed by atoms with E-state index in [9.17, 15) is 13.2 Å². The molecule has 0 saturated heterocycles. The zero-order chi connectivity index (χ0) is 24.6. The topological polar surface area (TPSA) is 111 Å². The van der Waals surface area contributed by atoms with Crippen LogP contribution in [0.25, 0.3) is 10.6 Å². The van der Waals surface area contributed by atoms with Crippen LogP contribution < -0.4 is 14.8 Å². The van der Waals surface area contributed by atoms with Crippen LogP contribution in [0.4, 0.5) is 5.13 Å². The molecule has 0 atom stereocenters. The maximum atomic E-state index is 12.6. The number of carbonyl (C=O) groups excluding carboxylic acids is 1. The minimum atomic E-state index is -3.49. The van der Waals surface area contributed by atoms with Crippen LogP contribution in [0, 0.1) is 0 Å². The first kappa shape index (κ1) is 25.6. The number of nitrogens with zero attached hydrogens (tertiary/aromatic N) is 3. The number of hydrogen-bond donors (Lipinski definition) is 1. The molecule has 0 aliphatic rings. The van der Waals surface area contributed by atoms with Gasteiger partial charge in [0.15, 0.2) is 11.5 Å². The highest BCUT2D eigenvalue weighted by molar-refractivity contribution is 7.89. The number of hydrogen-bond acceptors (Lipinski definition) is 8. The van der Waals surface area contributed by atoms with Crippen molar-refractivity contribution in [1.29, 1.82) is 0 Å². The lowest BCUT2D eigenvalue weighted by Gasteiger charge is -2.21. The second-order valence-corrected chi connectivity index (χ2v) is 10.6. The lowest BCUT2D eigenvalue weighted by Crippen LogP contribution is -2.36. The fourth-order valence-corrected chi connectivity index (χ4v) is 5.11. The maximum absolute atomic E-state index is 12.6. The summed E-state index contributed by atoms with van der Waals surface area (Å²) >= 11 is 1.26. The molecular weight excluding hydrogens is 476 g/mol. The number of sulfonamides is 1. The molecule has 0 spiro atoms. The molecule has 0 unspecified atom stereocenters. The van der Waals surface area contributed by atoms with Gasteiger partial charge in [0, 0.05) is 25.1 Å². The molecule has 1 amide bonds. The number of benzene rings is 2. The van der Waals surface area contributed by atoms with E-state index in [2.05, 4.69) is 15.5 Å². The van der Waals surface area contributed by atoms with Crippen molar-refractivity contribution in [3.8, 4) is 22.1 Å². The summed E-state index contributed by atoms with van der Waals surface area (Å²) in [6, 6.07) is 15.0. The van der Waals surface area contributed by atoms with Gasteiger partial charge in [0.05, 0.1) is 20.0 Å². The highest BCUT2D eigenvalue weighted by atomic mass is 32.2. The van der Waals surface area contributed by atoms with Crippen molar-refractivity contribution in [2.24, 2.45) is 0 Å². The Hall–Kier alpha value is -3.02. The summed E-state index contributed by atoms with van der Waals surface area (Å²) in [7, 11) is -0.379. The summed E-state index contributed by atoms with van der Waals surface area (Å²) in [4.78, 5) is 12.5. The number of anilines is 1. The third-order valence-electron chi connectivity index (χ3n) is 5.14. The molecule has 11 heteroatoms. The molecule has 182 valence electrons. The molecule has 0 bridgehead atoms. The Bertz CT molecular complexity index is 1200. The zero-order valence-electron chi connectivity index (χ0n) is 19.4. The van der Waals surface area contributed by atoms with Crippen molar-refractivity contribution >= 4 is 32.4 Å². The van der Waals surface area contributed by atoms with Gasteiger partial charge in [0.1, 0.15) is 5.01 Å². The third kappa shape index (κ3) is 6.75. The highest BCUT2D eigenvalue weighted by Crippen LogP contribution is 2.28. The largest absolute Gasteiger partial charge is 0.493 e. The second-order valence-electron chi connectivity index (χ2n) is 7.32. The van der Waals surface area contributed by atoms with Gasteiger partial charge >= 0.3 is 0 Å². The second kappa shape index (κ2) is 11.9. The van der Waals surface area contributed by atoms with Crippen molar-refractivity contribution < 1.29 is 22.7 Å². The Labute approximate surface area is 203 Å². The summed E-state index contributed by atoms with van der Waals surface area (Å²) in [5, 5.41) is 11.9. The Kier molecular flexibility index (Phi) is 8.97. The van der Waals surface area contributed by atoms with E-state index in [0.29, 0.717) is 28.1 Å². The summed E-state index contributed by atoms with van der Waals surface area (Å²) in [6.45, 7) is 1.90. The van der Waals surface area contributed by atoms with E-state index in [1.54, 1.807) is 27.2 Å². The van der Waals surface area contributed by atoms with E-state index < -0.39 is 10.0 Å².